The summed E-state index contributed by atoms with van der Waals surface area (Å²) >= 11 is 0. The summed E-state index contributed by atoms with van der Waals surface area (Å²) in [4.78, 5) is 22.9. The van der Waals surface area contributed by atoms with Crippen molar-refractivity contribution in [3.63, 3.8) is 0 Å². The van der Waals surface area contributed by atoms with E-state index < -0.39 is 78.6 Å². The summed E-state index contributed by atoms with van der Waals surface area (Å²) in [7, 11) is -3.68. The molecular formula is C23H22F5NO6S. The van der Waals surface area contributed by atoms with Crippen molar-refractivity contribution in [1.29, 1.82) is 0 Å². The second-order valence-corrected chi connectivity index (χ2v) is 10.6. The van der Waals surface area contributed by atoms with Crippen LogP contribution in [-0.2, 0) is 25.5 Å². The Kier molecular flexibility index (Phi) is 7.72. The van der Waals surface area contributed by atoms with E-state index in [0.29, 0.717) is 30.3 Å². The second-order valence-electron chi connectivity index (χ2n) is 8.54. The van der Waals surface area contributed by atoms with Gasteiger partial charge >= 0.3 is 12.1 Å². The smallest absolute Gasteiger partial charge is 0.416 e. The quantitative estimate of drug-likeness (QED) is 0.199. The highest BCUT2D eigenvalue weighted by Gasteiger charge is 2.54. The summed E-state index contributed by atoms with van der Waals surface area (Å²) in [5, 5.41) is 0.792. The molecule has 3 unspecified atom stereocenters. The maximum atomic E-state index is 15.1. The van der Waals surface area contributed by atoms with Crippen molar-refractivity contribution < 1.29 is 44.6 Å². The number of nitroso groups, excluding NO2 is 1. The van der Waals surface area contributed by atoms with Gasteiger partial charge in [-0.3, -0.25) is 4.79 Å². The molecule has 1 heterocycles. The molecule has 0 spiro atoms. The molecule has 0 aromatic heterocycles. The van der Waals surface area contributed by atoms with E-state index in [0.717, 1.165) is 13.2 Å². The van der Waals surface area contributed by atoms with Gasteiger partial charge in [-0.05, 0) is 56.2 Å². The van der Waals surface area contributed by atoms with Crippen LogP contribution in [0, 0.1) is 27.9 Å². The third kappa shape index (κ3) is 4.93. The van der Waals surface area contributed by atoms with Crippen LogP contribution in [0.15, 0.2) is 46.5 Å². The van der Waals surface area contributed by atoms with Gasteiger partial charge in [0.15, 0.2) is 21.4 Å². The van der Waals surface area contributed by atoms with Crippen LogP contribution in [0.2, 0.25) is 0 Å². The SMILES string of the molecule is COC(=O)C(C)(CCCN=O)C1COc2c(F)ccc(F)c2C1S(=O)(=O)c1ccc(C(F)(F)F)cc1. The zero-order chi connectivity index (χ0) is 26.9. The van der Waals surface area contributed by atoms with Crippen molar-refractivity contribution in [2.24, 2.45) is 16.5 Å². The van der Waals surface area contributed by atoms with Crippen LogP contribution in [0.4, 0.5) is 22.0 Å². The number of nitrogens with zero attached hydrogens (tertiary/aromatic N) is 1. The Morgan fingerprint density at radius 3 is 2.28 bits per heavy atom. The van der Waals surface area contributed by atoms with Crippen LogP contribution in [-0.4, -0.2) is 34.6 Å². The Balaban J connectivity index is 2.25. The van der Waals surface area contributed by atoms with Crippen molar-refractivity contribution in [2.45, 2.75) is 36.1 Å². The number of hydrogen-bond acceptors (Lipinski definition) is 7. The van der Waals surface area contributed by atoms with Crippen molar-refractivity contribution in [3.8, 4) is 5.75 Å². The van der Waals surface area contributed by atoms with E-state index in [2.05, 4.69) is 5.18 Å². The van der Waals surface area contributed by atoms with Crippen molar-refractivity contribution in [3.05, 3.63) is 64.1 Å². The minimum absolute atomic E-state index is 0.0388. The topological polar surface area (TPSA) is 99.1 Å². The van der Waals surface area contributed by atoms with Crippen LogP contribution < -0.4 is 4.74 Å². The number of carbonyl (C=O) groups excluding carboxylic acids is 1. The first-order chi connectivity index (χ1) is 16.8. The van der Waals surface area contributed by atoms with E-state index in [9.17, 15) is 35.7 Å². The molecule has 0 N–H and O–H groups in total. The zero-order valence-electron chi connectivity index (χ0n) is 19.1. The van der Waals surface area contributed by atoms with Gasteiger partial charge in [0.25, 0.3) is 0 Å². The Morgan fingerprint density at radius 1 is 1.11 bits per heavy atom. The molecule has 3 rings (SSSR count). The number of halogens is 5. The van der Waals surface area contributed by atoms with Gasteiger partial charge in [-0.15, -0.1) is 0 Å². The largest absolute Gasteiger partial charge is 0.490 e. The molecule has 0 bridgehead atoms. The predicted octanol–water partition coefficient (Wildman–Crippen LogP) is 5.23. The Morgan fingerprint density at radius 2 is 1.72 bits per heavy atom. The summed E-state index contributed by atoms with van der Waals surface area (Å²) in [6.45, 7) is 0.573. The van der Waals surface area contributed by atoms with E-state index in [1.54, 1.807) is 0 Å². The second kappa shape index (κ2) is 10.1. The number of alkyl halides is 3. The van der Waals surface area contributed by atoms with Gasteiger partial charge in [0, 0.05) is 5.92 Å². The van der Waals surface area contributed by atoms with Gasteiger partial charge in [-0.2, -0.15) is 18.1 Å². The Hall–Kier alpha value is -3.09. The van der Waals surface area contributed by atoms with Crippen LogP contribution >= 0.6 is 0 Å². The number of esters is 1. The summed E-state index contributed by atoms with van der Waals surface area (Å²) in [6.07, 6.45) is -4.82. The lowest BCUT2D eigenvalue weighted by Crippen LogP contribution is -2.47. The number of carbonyl (C=O) groups is 1. The van der Waals surface area contributed by atoms with Crippen molar-refractivity contribution in [1.82, 2.24) is 0 Å². The van der Waals surface area contributed by atoms with E-state index in [1.165, 1.54) is 6.92 Å². The molecule has 0 saturated heterocycles. The molecule has 0 aliphatic carbocycles. The molecule has 1 aliphatic rings. The number of sulfone groups is 1. The van der Waals surface area contributed by atoms with E-state index >= 15 is 4.39 Å². The fraction of sp³-hybridized carbons (Fsp3) is 0.435. The van der Waals surface area contributed by atoms with Crippen LogP contribution in [0.3, 0.4) is 0 Å². The fourth-order valence-corrected chi connectivity index (χ4v) is 6.62. The van der Waals surface area contributed by atoms with Gasteiger partial charge < -0.3 is 9.47 Å². The highest BCUT2D eigenvalue weighted by Crippen LogP contribution is 2.53. The minimum Gasteiger partial charge on any atom is -0.490 e. The van der Waals surface area contributed by atoms with Gasteiger partial charge in [0.05, 0.1) is 41.7 Å². The average molecular weight is 535 g/mol. The number of rotatable bonds is 8. The van der Waals surface area contributed by atoms with Gasteiger partial charge in [-0.25, -0.2) is 17.2 Å². The molecule has 2 aromatic rings. The molecule has 1 aliphatic heterocycles. The number of methoxy groups -OCH3 is 1. The standard InChI is InChI=1S/C23H22F5NO6S/c1-22(21(30)34-2,10-3-11-29-31)15-12-35-19-17(25)9-8-16(24)18(19)20(15)36(32,33)14-6-4-13(5-7-14)23(26,27)28/h4-9,15,20H,3,10-12H2,1-2H3. The molecule has 0 fully saturated rings. The zero-order valence-corrected chi connectivity index (χ0v) is 20.0. The Labute approximate surface area is 203 Å². The van der Waals surface area contributed by atoms with Gasteiger partial charge in [0.1, 0.15) is 11.1 Å². The first-order valence-electron chi connectivity index (χ1n) is 10.7. The molecule has 13 heteroatoms. The summed E-state index contributed by atoms with van der Waals surface area (Å²) in [6, 6.07) is 3.98. The molecule has 36 heavy (non-hydrogen) atoms. The number of fused-ring (bicyclic) bond motifs is 1. The predicted molar refractivity (Wildman–Crippen MR) is 117 cm³/mol. The monoisotopic (exact) mass is 535 g/mol. The van der Waals surface area contributed by atoms with Crippen molar-refractivity contribution in [2.75, 3.05) is 20.3 Å². The van der Waals surface area contributed by atoms with Gasteiger partial charge in [-0.1, -0.05) is 5.18 Å². The van der Waals surface area contributed by atoms with Crippen LogP contribution in [0.5, 0.6) is 5.75 Å². The summed E-state index contributed by atoms with van der Waals surface area (Å²) in [5.74, 6) is -5.13. The summed E-state index contributed by atoms with van der Waals surface area (Å²) in [5.41, 5.74) is -3.47. The molecule has 0 saturated carbocycles. The third-order valence-electron chi connectivity index (χ3n) is 6.41. The summed E-state index contributed by atoms with van der Waals surface area (Å²) < 4.78 is 107. The highest BCUT2D eigenvalue weighted by molar-refractivity contribution is 7.91. The molecule has 0 amide bonds. The van der Waals surface area contributed by atoms with Crippen LogP contribution in [0.25, 0.3) is 0 Å². The first-order valence-corrected chi connectivity index (χ1v) is 12.2. The highest BCUT2D eigenvalue weighted by atomic mass is 32.2. The van der Waals surface area contributed by atoms with Crippen molar-refractivity contribution >= 4 is 15.8 Å². The van der Waals surface area contributed by atoms with E-state index in [1.807, 2.05) is 0 Å². The Bertz CT molecular complexity index is 1250. The molecule has 2 aromatic carbocycles. The normalized spacial score (nSPS) is 19.5. The number of hydrogen-bond donors (Lipinski definition) is 0. The lowest BCUT2D eigenvalue weighted by Gasteiger charge is -2.42. The van der Waals surface area contributed by atoms with E-state index in [4.69, 9.17) is 9.47 Å². The van der Waals surface area contributed by atoms with E-state index in [-0.39, 0.29) is 19.4 Å². The molecule has 0 radical (unpaired) electrons. The lowest BCUT2D eigenvalue weighted by atomic mass is 9.70. The maximum absolute atomic E-state index is 15.1. The number of ether oxygens (including phenoxy) is 2. The molecule has 3 atom stereocenters. The first kappa shape index (κ1) is 27.5. The molecule has 7 nitrogen and oxygen atoms in total. The number of benzene rings is 2. The lowest BCUT2D eigenvalue weighted by molar-refractivity contribution is -0.157. The minimum atomic E-state index is -4.73. The maximum Gasteiger partial charge on any atom is 0.416 e. The third-order valence-corrected chi connectivity index (χ3v) is 8.57. The fourth-order valence-electron chi connectivity index (χ4n) is 4.47. The van der Waals surface area contributed by atoms with Gasteiger partial charge in [0.2, 0.25) is 0 Å². The molecular weight excluding hydrogens is 513 g/mol. The van der Waals surface area contributed by atoms with Crippen LogP contribution in [0.1, 0.15) is 36.1 Å². The molecule has 196 valence electrons. The average Bonchev–Trinajstić information content (AvgIpc) is 2.84.